The van der Waals surface area contributed by atoms with Gasteiger partial charge >= 0.3 is 0 Å². The van der Waals surface area contributed by atoms with Crippen LogP contribution in [0.25, 0.3) is 0 Å². The van der Waals surface area contributed by atoms with Crippen molar-refractivity contribution in [1.82, 2.24) is 4.90 Å². The Hall–Kier alpha value is -2.56. The van der Waals surface area contributed by atoms with Crippen LogP contribution >= 0.6 is 23.4 Å². The molecule has 158 valence electrons. The number of nitrogens with zero attached hydrogens (tertiary/aromatic N) is 1. The predicted molar refractivity (Wildman–Crippen MR) is 117 cm³/mol. The Morgan fingerprint density at radius 2 is 1.93 bits per heavy atom. The van der Waals surface area contributed by atoms with Crippen molar-refractivity contribution >= 4 is 62.3 Å². The van der Waals surface area contributed by atoms with Crippen molar-refractivity contribution in [2.24, 2.45) is 0 Å². The summed E-state index contributed by atoms with van der Waals surface area (Å²) >= 11 is 7.66. The summed E-state index contributed by atoms with van der Waals surface area (Å²) in [5.74, 6) is -0.0919. The molecule has 1 heterocycles. The van der Waals surface area contributed by atoms with Crippen LogP contribution in [0.1, 0.15) is 10.4 Å². The lowest BCUT2D eigenvalue weighted by Gasteiger charge is -2.15. The van der Waals surface area contributed by atoms with E-state index in [1.54, 1.807) is 6.07 Å². The normalized spacial score (nSPS) is 13.9. The number of thioether (sulfide) groups is 1. The molecule has 2 N–H and O–H groups in total. The smallest absolute Gasteiger partial charge is 0.255 e. The van der Waals surface area contributed by atoms with Crippen LogP contribution in [0, 0.1) is 0 Å². The molecule has 0 aromatic heterocycles. The highest BCUT2D eigenvalue weighted by Crippen LogP contribution is 2.26. The zero-order chi connectivity index (χ0) is 21.9. The molecule has 3 rings (SSSR count). The molecular weight excluding hydrogens is 450 g/mol. The number of nitrogens with one attached hydrogen (secondary N) is 2. The SMILES string of the molecule is CS(=O)(=O)c1cccc(C(=O)Nc2ccc(NC(=O)CN3CSCC3=O)cc2Cl)c1. The van der Waals surface area contributed by atoms with Crippen molar-refractivity contribution in [3.63, 3.8) is 0 Å². The number of amides is 3. The van der Waals surface area contributed by atoms with Crippen molar-refractivity contribution in [2.75, 3.05) is 35.1 Å². The van der Waals surface area contributed by atoms with E-state index in [1.165, 1.54) is 53.1 Å². The van der Waals surface area contributed by atoms with E-state index in [0.29, 0.717) is 23.0 Å². The third kappa shape index (κ3) is 5.53. The highest BCUT2D eigenvalue weighted by Gasteiger charge is 2.23. The fraction of sp³-hybridized carbons (Fsp3) is 0.211. The molecule has 1 fully saturated rings. The summed E-state index contributed by atoms with van der Waals surface area (Å²) in [4.78, 5) is 37.7. The van der Waals surface area contributed by atoms with Crippen LogP contribution < -0.4 is 10.6 Å². The van der Waals surface area contributed by atoms with Crippen LogP contribution in [-0.4, -0.2) is 55.5 Å². The first-order chi connectivity index (χ1) is 14.1. The number of carbonyl (C=O) groups excluding carboxylic acids is 3. The number of anilines is 2. The van der Waals surface area contributed by atoms with Gasteiger partial charge in [-0.1, -0.05) is 17.7 Å². The van der Waals surface area contributed by atoms with E-state index in [0.717, 1.165) is 6.26 Å². The van der Waals surface area contributed by atoms with Crippen LogP contribution in [0.2, 0.25) is 5.02 Å². The van der Waals surface area contributed by atoms with Crippen LogP contribution in [-0.2, 0) is 19.4 Å². The molecule has 2 aromatic carbocycles. The van der Waals surface area contributed by atoms with Gasteiger partial charge in [-0.2, -0.15) is 0 Å². The maximum Gasteiger partial charge on any atom is 0.255 e. The highest BCUT2D eigenvalue weighted by molar-refractivity contribution is 8.00. The number of benzene rings is 2. The third-order valence-electron chi connectivity index (χ3n) is 4.19. The first kappa shape index (κ1) is 22.1. The fourth-order valence-corrected chi connectivity index (χ4v) is 4.47. The molecule has 8 nitrogen and oxygen atoms in total. The summed E-state index contributed by atoms with van der Waals surface area (Å²) in [7, 11) is -3.44. The summed E-state index contributed by atoms with van der Waals surface area (Å²) in [6.45, 7) is -0.0430. The minimum absolute atomic E-state index is 0.0363. The Bertz CT molecular complexity index is 1120. The zero-order valence-corrected chi connectivity index (χ0v) is 18.2. The molecule has 11 heteroatoms. The maximum absolute atomic E-state index is 12.5. The molecule has 30 heavy (non-hydrogen) atoms. The number of rotatable bonds is 6. The van der Waals surface area contributed by atoms with Crippen molar-refractivity contribution in [1.29, 1.82) is 0 Å². The Morgan fingerprint density at radius 1 is 1.17 bits per heavy atom. The Kier molecular flexibility index (Phi) is 6.69. The molecule has 0 saturated carbocycles. The molecule has 3 amide bonds. The van der Waals surface area contributed by atoms with Crippen molar-refractivity contribution in [3.8, 4) is 0 Å². The standard InChI is InChI=1S/C19H18ClN3O5S2/c1-30(27,28)14-4-2-3-12(7-14)19(26)22-16-6-5-13(8-15(16)20)21-17(24)9-23-11-29-10-18(23)25/h2-8H,9-11H2,1H3,(H,21,24)(H,22,26). The quantitative estimate of drug-likeness (QED) is 0.674. The van der Waals surface area contributed by atoms with Crippen molar-refractivity contribution < 1.29 is 22.8 Å². The molecule has 2 aromatic rings. The van der Waals surface area contributed by atoms with Gasteiger partial charge in [0.1, 0.15) is 6.54 Å². The minimum atomic E-state index is -3.44. The average Bonchev–Trinajstić information content (AvgIpc) is 3.07. The van der Waals surface area contributed by atoms with E-state index < -0.39 is 15.7 Å². The zero-order valence-electron chi connectivity index (χ0n) is 15.8. The number of hydrogen-bond acceptors (Lipinski definition) is 6. The molecule has 0 unspecified atom stereocenters. The van der Waals surface area contributed by atoms with E-state index in [-0.39, 0.29) is 33.8 Å². The van der Waals surface area contributed by atoms with E-state index in [9.17, 15) is 22.8 Å². The second-order valence-corrected chi connectivity index (χ2v) is 9.94. The van der Waals surface area contributed by atoms with Crippen LogP contribution in [0.5, 0.6) is 0 Å². The van der Waals surface area contributed by atoms with Gasteiger partial charge in [0.05, 0.1) is 27.2 Å². The van der Waals surface area contributed by atoms with Crippen LogP contribution in [0.15, 0.2) is 47.4 Å². The van der Waals surface area contributed by atoms with Crippen molar-refractivity contribution in [2.45, 2.75) is 4.90 Å². The van der Waals surface area contributed by atoms with Gasteiger partial charge in [0.15, 0.2) is 9.84 Å². The third-order valence-corrected chi connectivity index (χ3v) is 6.55. The molecule has 1 saturated heterocycles. The van der Waals surface area contributed by atoms with Gasteiger partial charge in [-0.05, 0) is 36.4 Å². The maximum atomic E-state index is 12.5. The topological polar surface area (TPSA) is 113 Å². The van der Waals surface area contributed by atoms with Gasteiger partial charge in [-0.3, -0.25) is 14.4 Å². The number of carbonyl (C=O) groups is 3. The van der Waals surface area contributed by atoms with Gasteiger partial charge in [-0.15, -0.1) is 11.8 Å². The second-order valence-electron chi connectivity index (χ2n) is 6.57. The lowest BCUT2D eigenvalue weighted by atomic mass is 10.2. The van der Waals surface area contributed by atoms with Crippen LogP contribution in [0.4, 0.5) is 11.4 Å². The Balaban J connectivity index is 1.66. The number of hydrogen-bond donors (Lipinski definition) is 2. The first-order valence-corrected chi connectivity index (χ1v) is 12.1. The van der Waals surface area contributed by atoms with Crippen LogP contribution in [0.3, 0.4) is 0 Å². The molecular formula is C19H18ClN3O5S2. The van der Waals surface area contributed by atoms with Gasteiger partial charge in [0.2, 0.25) is 11.8 Å². The van der Waals surface area contributed by atoms with Gasteiger partial charge in [-0.25, -0.2) is 8.42 Å². The highest BCUT2D eigenvalue weighted by atomic mass is 35.5. The molecule has 0 bridgehead atoms. The summed E-state index contributed by atoms with van der Waals surface area (Å²) in [6.07, 6.45) is 1.06. The summed E-state index contributed by atoms with van der Waals surface area (Å²) in [6, 6.07) is 10.2. The molecule has 1 aliphatic heterocycles. The molecule has 0 spiro atoms. The van der Waals surface area contributed by atoms with Crippen molar-refractivity contribution in [3.05, 3.63) is 53.1 Å². The lowest BCUT2D eigenvalue weighted by Crippen LogP contribution is -2.34. The van der Waals surface area contributed by atoms with E-state index in [1.807, 2.05) is 0 Å². The van der Waals surface area contributed by atoms with E-state index in [2.05, 4.69) is 10.6 Å². The monoisotopic (exact) mass is 467 g/mol. The summed E-state index contributed by atoms with van der Waals surface area (Å²) < 4.78 is 23.3. The number of halogens is 1. The molecule has 1 aliphatic rings. The molecule has 0 atom stereocenters. The summed E-state index contributed by atoms with van der Waals surface area (Å²) in [5, 5.41) is 5.46. The van der Waals surface area contributed by atoms with Gasteiger partial charge in [0.25, 0.3) is 5.91 Å². The largest absolute Gasteiger partial charge is 0.324 e. The number of sulfone groups is 1. The Labute approximate surface area is 182 Å². The van der Waals surface area contributed by atoms with E-state index in [4.69, 9.17) is 11.6 Å². The van der Waals surface area contributed by atoms with Gasteiger partial charge < -0.3 is 15.5 Å². The minimum Gasteiger partial charge on any atom is -0.324 e. The average molecular weight is 468 g/mol. The molecule has 0 aliphatic carbocycles. The lowest BCUT2D eigenvalue weighted by molar-refractivity contribution is -0.130. The first-order valence-electron chi connectivity index (χ1n) is 8.70. The fourth-order valence-electron chi connectivity index (χ4n) is 2.67. The van der Waals surface area contributed by atoms with Gasteiger partial charge in [0, 0.05) is 17.5 Å². The Morgan fingerprint density at radius 3 is 2.57 bits per heavy atom. The van der Waals surface area contributed by atoms with E-state index >= 15 is 0 Å². The molecule has 0 radical (unpaired) electrons. The summed E-state index contributed by atoms with van der Waals surface area (Å²) in [5.41, 5.74) is 0.886. The predicted octanol–water partition coefficient (Wildman–Crippen LogP) is 2.47. The second kappa shape index (κ2) is 9.07.